The third kappa shape index (κ3) is 3.29. The predicted octanol–water partition coefficient (Wildman–Crippen LogP) is 1.32. The number of likely N-dealkylation sites (tertiary alicyclic amines) is 1. The van der Waals surface area contributed by atoms with Crippen molar-refractivity contribution in [2.45, 2.75) is 36.8 Å². The van der Waals surface area contributed by atoms with Gasteiger partial charge in [-0.05, 0) is 38.8 Å². The van der Waals surface area contributed by atoms with Gasteiger partial charge in [0.25, 0.3) is 10.0 Å². The number of hydrogen-bond donors (Lipinski definition) is 0. The first kappa shape index (κ1) is 16.5. The zero-order valence-corrected chi connectivity index (χ0v) is 14.0. The molecule has 3 rings (SSSR count). The summed E-state index contributed by atoms with van der Waals surface area (Å²) in [5.74, 6) is -0.606. The summed E-state index contributed by atoms with van der Waals surface area (Å²) >= 11 is 0. The van der Waals surface area contributed by atoms with Crippen LogP contribution in [0, 0.1) is 0 Å². The van der Waals surface area contributed by atoms with Crippen LogP contribution in [0.25, 0.3) is 0 Å². The summed E-state index contributed by atoms with van der Waals surface area (Å²) in [6.45, 7) is 3.34. The highest BCUT2D eigenvalue weighted by Crippen LogP contribution is 2.28. The molecule has 0 saturated carbocycles. The van der Waals surface area contributed by atoms with Crippen molar-refractivity contribution in [1.29, 1.82) is 0 Å². The second kappa shape index (κ2) is 6.62. The van der Waals surface area contributed by atoms with Crippen LogP contribution >= 0.6 is 0 Å². The van der Waals surface area contributed by atoms with E-state index in [2.05, 4.69) is 9.64 Å². The van der Waals surface area contributed by atoms with Gasteiger partial charge in [-0.3, -0.25) is 0 Å². The maximum atomic E-state index is 12.8. The lowest BCUT2D eigenvalue weighted by molar-refractivity contribution is 0.0600. The summed E-state index contributed by atoms with van der Waals surface area (Å²) in [5, 5.41) is -0.189. The predicted molar refractivity (Wildman–Crippen MR) is 82.6 cm³/mol. The van der Waals surface area contributed by atoms with Crippen LogP contribution in [0.2, 0.25) is 0 Å². The lowest BCUT2D eigenvalue weighted by atomic mass is 10.2. The lowest BCUT2D eigenvalue weighted by Crippen LogP contribution is -2.42. The number of esters is 1. The Balaban J connectivity index is 1.77. The van der Waals surface area contributed by atoms with E-state index in [0.717, 1.165) is 38.7 Å². The van der Waals surface area contributed by atoms with Crippen LogP contribution in [-0.2, 0) is 14.8 Å². The van der Waals surface area contributed by atoms with Gasteiger partial charge < -0.3 is 14.1 Å². The molecule has 23 heavy (non-hydrogen) atoms. The van der Waals surface area contributed by atoms with Crippen molar-refractivity contribution in [3.05, 3.63) is 17.9 Å². The molecule has 1 unspecified atom stereocenters. The first-order valence-electron chi connectivity index (χ1n) is 7.93. The van der Waals surface area contributed by atoms with Crippen molar-refractivity contribution in [3.63, 3.8) is 0 Å². The van der Waals surface area contributed by atoms with E-state index < -0.39 is 16.0 Å². The molecule has 2 fully saturated rings. The largest absolute Gasteiger partial charge is 0.465 e. The molecule has 0 radical (unpaired) electrons. The highest BCUT2D eigenvalue weighted by Gasteiger charge is 2.38. The van der Waals surface area contributed by atoms with E-state index in [9.17, 15) is 13.2 Å². The normalized spacial score (nSPS) is 23.4. The Labute approximate surface area is 136 Å². The van der Waals surface area contributed by atoms with Gasteiger partial charge in [0, 0.05) is 25.2 Å². The van der Waals surface area contributed by atoms with Gasteiger partial charge in [0.05, 0.1) is 12.7 Å². The number of carbonyl (C=O) groups is 1. The molecule has 128 valence electrons. The van der Waals surface area contributed by atoms with Crippen molar-refractivity contribution in [2.24, 2.45) is 0 Å². The molecule has 1 aromatic heterocycles. The fourth-order valence-electron chi connectivity index (χ4n) is 3.36. The fraction of sp³-hybridized carbons (Fsp3) is 0.667. The number of methoxy groups -OCH3 is 1. The molecule has 7 nitrogen and oxygen atoms in total. The number of sulfonamides is 1. The Morgan fingerprint density at radius 2 is 2.04 bits per heavy atom. The number of furan rings is 1. The topological polar surface area (TPSA) is 80.1 Å². The molecule has 8 heteroatoms. The quantitative estimate of drug-likeness (QED) is 0.751. The molecule has 0 N–H and O–H groups in total. The minimum absolute atomic E-state index is 0.0234. The molecule has 2 aliphatic rings. The molecule has 1 aromatic rings. The van der Waals surface area contributed by atoms with Gasteiger partial charge in [-0.25, -0.2) is 13.2 Å². The zero-order chi connectivity index (χ0) is 16.4. The van der Waals surface area contributed by atoms with Gasteiger partial charge in [0.2, 0.25) is 5.09 Å². The van der Waals surface area contributed by atoms with E-state index in [4.69, 9.17) is 4.42 Å². The average molecular weight is 342 g/mol. The second-order valence-electron chi connectivity index (χ2n) is 6.07. The van der Waals surface area contributed by atoms with Crippen LogP contribution < -0.4 is 0 Å². The SMILES string of the molecule is COC(=O)c1coc(S(=O)(=O)N2CCCC2CN2CCCC2)c1. The molecular formula is C15H22N2O5S. The van der Waals surface area contributed by atoms with E-state index in [1.54, 1.807) is 0 Å². The standard InChI is InChI=1S/C15H22N2O5S/c1-21-15(18)12-9-14(22-11-12)23(19,20)17-8-4-5-13(17)10-16-6-2-3-7-16/h9,11,13H,2-8,10H2,1H3. The van der Waals surface area contributed by atoms with Crippen molar-refractivity contribution in [3.8, 4) is 0 Å². The smallest absolute Gasteiger partial charge is 0.341 e. The molecule has 0 bridgehead atoms. The van der Waals surface area contributed by atoms with Crippen LogP contribution in [0.15, 0.2) is 21.8 Å². The minimum Gasteiger partial charge on any atom is -0.465 e. The van der Waals surface area contributed by atoms with E-state index in [0.29, 0.717) is 6.54 Å². The molecule has 0 spiro atoms. The van der Waals surface area contributed by atoms with Crippen molar-refractivity contribution < 1.29 is 22.4 Å². The van der Waals surface area contributed by atoms with E-state index in [-0.39, 0.29) is 16.7 Å². The molecule has 2 saturated heterocycles. The highest BCUT2D eigenvalue weighted by molar-refractivity contribution is 7.89. The number of hydrogen-bond acceptors (Lipinski definition) is 6. The molecule has 2 aliphatic heterocycles. The Bertz CT molecular complexity index is 663. The first-order valence-corrected chi connectivity index (χ1v) is 9.37. The first-order chi connectivity index (χ1) is 11.0. The van der Waals surface area contributed by atoms with Gasteiger partial charge in [-0.1, -0.05) is 0 Å². The fourth-order valence-corrected chi connectivity index (χ4v) is 4.97. The molecule has 0 aliphatic carbocycles. The van der Waals surface area contributed by atoms with E-state index >= 15 is 0 Å². The third-order valence-electron chi connectivity index (χ3n) is 4.55. The van der Waals surface area contributed by atoms with Crippen LogP contribution in [0.4, 0.5) is 0 Å². The van der Waals surface area contributed by atoms with E-state index in [1.807, 2.05) is 0 Å². The Kier molecular flexibility index (Phi) is 4.74. The van der Waals surface area contributed by atoms with Gasteiger partial charge >= 0.3 is 5.97 Å². The van der Waals surface area contributed by atoms with Crippen LogP contribution in [0.1, 0.15) is 36.0 Å². The average Bonchev–Trinajstić information content (AvgIpc) is 3.28. The maximum absolute atomic E-state index is 12.8. The summed E-state index contributed by atoms with van der Waals surface area (Å²) < 4.78 is 36.9. The van der Waals surface area contributed by atoms with E-state index in [1.165, 1.54) is 30.3 Å². The molecule has 0 aromatic carbocycles. The Hall–Kier alpha value is -1.38. The van der Waals surface area contributed by atoms with Gasteiger partial charge in [-0.15, -0.1) is 0 Å². The van der Waals surface area contributed by atoms with Crippen molar-refractivity contribution in [2.75, 3.05) is 33.3 Å². The molecule has 3 heterocycles. The number of nitrogens with zero attached hydrogens (tertiary/aromatic N) is 2. The number of carbonyl (C=O) groups excluding carboxylic acids is 1. The monoisotopic (exact) mass is 342 g/mol. The summed E-state index contributed by atoms with van der Waals surface area (Å²) in [5.41, 5.74) is 0.112. The van der Waals surface area contributed by atoms with Crippen molar-refractivity contribution in [1.82, 2.24) is 9.21 Å². The highest BCUT2D eigenvalue weighted by atomic mass is 32.2. The molecule has 1 atom stereocenters. The maximum Gasteiger partial charge on any atom is 0.341 e. The van der Waals surface area contributed by atoms with Gasteiger partial charge in [-0.2, -0.15) is 4.31 Å². The van der Waals surface area contributed by atoms with Gasteiger partial charge in [0.1, 0.15) is 6.26 Å². The number of ether oxygens (including phenoxy) is 1. The zero-order valence-electron chi connectivity index (χ0n) is 13.2. The summed E-state index contributed by atoms with van der Waals surface area (Å²) in [7, 11) is -2.47. The Morgan fingerprint density at radius 1 is 1.30 bits per heavy atom. The number of rotatable bonds is 5. The van der Waals surface area contributed by atoms with Gasteiger partial charge in [0.15, 0.2) is 0 Å². The molecule has 0 amide bonds. The van der Waals surface area contributed by atoms with Crippen LogP contribution in [0.3, 0.4) is 0 Å². The minimum atomic E-state index is -3.72. The summed E-state index contributed by atoms with van der Waals surface area (Å²) in [4.78, 5) is 13.8. The summed E-state index contributed by atoms with van der Waals surface area (Å²) in [6, 6.07) is 1.22. The van der Waals surface area contributed by atoms with Crippen LogP contribution in [0.5, 0.6) is 0 Å². The van der Waals surface area contributed by atoms with Crippen molar-refractivity contribution >= 4 is 16.0 Å². The van der Waals surface area contributed by atoms with Crippen LogP contribution in [-0.4, -0.2) is 62.9 Å². The Morgan fingerprint density at radius 3 is 2.74 bits per heavy atom. The second-order valence-corrected chi connectivity index (χ2v) is 7.89. The molecular weight excluding hydrogens is 320 g/mol. The lowest BCUT2D eigenvalue weighted by Gasteiger charge is -2.27. The summed E-state index contributed by atoms with van der Waals surface area (Å²) in [6.07, 6.45) is 5.20. The third-order valence-corrected chi connectivity index (χ3v) is 6.37.